The molecular weight excluding hydrogens is 176 g/mol. The third kappa shape index (κ3) is 3.44. The summed E-state index contributed by atoms with van der Waals surface area (Å²) in [5.41, 5.74) is 1.07. The van der Waals surface area contributed by atoms with Gasteiger partial charge in [-0.05, 0) is 26.0 Å². The van der Waals surface area contributed by atoms with E-state index in [0.29, 0.717) is 6.04 Å². The van der Waals surface area contributed by atoms with Crippen molar-refractivity contribution < 1.29 is 4.74 Å². The molecule has 0 fully saturated rings. The van der Waals surface area contributed by atoms with Gasteiger partial charge in [0.15, 0.2) is 0 Å². The molecular formula is C11H18N2O. The second-order valence-corrected chi connectivity index (χ2v) is 3.50. The molecule has 14 heavy (non-hydrogen) atoms. The topological polar surface area (TPSA) is 34.1 Å². The van der Waals surface area contributed by atoms with Gasteiger partial charge in [0.1, 0.15) is 0 Å². The molecule has 0 amide bonds. The molecule has 1 N–H and O–H groups in total. The van der Waals surface area contributed by atoms with Crippen LogP contribution in [0.2, 0.25) is 0 Å². The van der Waals surface area contributed by atoms with Gasteiger partial charge in [0.2, 0.25) is 0 Å². The van der Waals surface area contributed by atoms with Crippen LogP contribution in [0.3, 0.4) is 0 Å². The van der Waals surface area contributed by atoms with E-state index in [1.54, 1.807) is 7.11 Å². The molecule has 0 unspecified atom stereocenters. The van der Waals surface area contributed by atoms with Gasteiger partial charge < -0.3 is 10.1 Å². The molecule has 0 aliphatic carbocycles. The first-order valence-electron chi connectivity index (χ1n) is 4.90. The second kappa shape index (κ2) is 5.73. The van der Waals surface area contributed by atoms with E-state index < -0.39 is 0 Å². The van der Waals surface area contributed by atoms with E-state index in [1.165, 1.54) is 0 Å². The summed E-state index contributed by atoms with van der Waals surface area (Å²) in [6.07, 6.45) is 1.81. The van der Waals surface area contributed by atoms with Crippen molar-refractivity contribution in [2.45, 2.75) is 25.9 Å². The molecule has 0 spiro atoms. The summed E-state index contributed by atoms with van der Waals surface area (Å²) in [6.45, 7) is 4.93. The average Bonchev–Trinajstić information content (AvgIpc) is 2.19. The molecule has 0 aliphatic rings. The van der Waals surface area contributed by atoms with Crippen LogP contribution in [0.25, 0.3) is 0 Å². The molecule has 0 saturated heterocycles. The highest BCUT2D eigenvalue weighted by Gasteiger charge is 2.09. The summed E-state index contributed by atoms with van der Waals surface area (Å²) in [5.74, 6) is 0. The summed E-state index contributed by atoms with van der Waals surface area (Å²) < 4.78 is 5.06. The second-order valence-electron chi connectivity index (χ2n) is 3.50. The number of rotatable bonds is 5. The monoisotopic (exact) mass is 194 g/mol. The van der Waals surface area contributed by atoms with E-state index in [0.717, 1.165) is 12.3 Å². The highest BCUT2D eigenvalue weighted by molar-refractivity contribution is 5.07. The van der Waals surface area contributed by atoms with Crippen molar-refractivity contribution in [2.75, 3.05) is 13.7 Å². The smallest absolute Gasteiger partial charge is 0.0613 e. The quantitative estimate of drug-likeness (QED) is 0.775. The Labute approximate surface area is 85.5 Å². The van der Waals surface area contributed by atoms with Crippen molar-refractivity contribution in [2.24, 2.45) is 0 Å². The maximum absolute atomic E-state index is 5.06. The summed E-state index contributed by atoms with van der Waals surface area (Å²) in [7, 11) is 1.71. The predicted molar refractivity (Wildman–Crippen MR) is 57.1 cm³/mol. The number of methoxy groups -OCH3 is 1. The zero-order valence-corrected chi connectivity index (χ0v) is 9.03. The molecule has 2 atom stereocenters. The summed E-state index contributed by atoms with van der Waals surface area (Å²) in [6, 6.07) is 6.56. The standard InChI is InChI=1S/C11H18N2O/c1-9(8-14-3)13-10(2)11-6-4-5-7-12-11/h4-7,9-10,13H,8H2,1-3H3/t9-,10+/m1/s1. The van der Waals surface area contributed by atoms with Crippen LogP contribution in [0, 0.1) is 0 Å². The normalized spacial score (nSPS) is 15.1. The molecule has 0 saturated carbocycles. The molecule has 3 heteroatoms. The van der Waals surface area contributed by atoms with Gasteiger partial charge in [-0.2, -0.15) is 0 Å². The Kier molecular flexibility index (Phi) is 4.56. The molecule has 78 valence electrons. The number of hydrogen-bond donors (Lipinski definition) is 1. The van der Waals surface area contributed by atoms with Crippen molar-refractivity contribution in [1.82, 2.24) is 10.3 Å². The van der Waals surface area contributed by atoms with Gasteiger partial charge in [0.05, 0.1) is 12.3 Å². The van der Waals surface area contributed by atoms with Gasteiger partial charge in [-0.25, -0.2) is 0 Å². The number of aromatic nitrogens is 1. The molecule has 1 aromatic heterocycles. The van der Waals surface area contributed by atoms with Gasteiger partial charge in [-0.15, -0.1) is 0 Å². The summed E-state index contributed by atoms with van der Waals surface area (Å²) in [4.78, 5) is 4.29. The Morgan fingerprint density at radius 2 is 2.21 bits per heavy atom. The fourth-order valence-corrected chi connectivity index (χ4v) is 1.44. The number of pyridine rings is 1. The molecule has 1 rings (SSSR count). The molecule has 1 aromatic rings. The van der Waals surface area contributed by atoms with Gasteiger partial charge in [-0.1, -0.05) is 6.07 Å². The zero-order chi connectivity index (χ0) is 10.4. The van der Waals surface area contributed by atoms with E-state index in [1.807, 2.05) is 24.4 Å². The Hall–Kier alpha value is -0.930. The van der Waals surface area contributed by atoms with Crippen molar-refractivity contribution in [3.8, 4) is 0 Å². The minimum atomic E-state index is 0.265. The Bertz CT molecular complexity index is 251. The van der Waals surface area contributed by atoms with Crippen LogP contribution in [0.1, 0.15) is 25.6 Å². The molecule has 0 radical (unpaired) electrons. The fraction of sp³-hybridized carbons (Fsp3) is 0.545. The molecule has 0 bridgehead atoms. The molecule has 0 aliphatic heterocycles. The van der Waals surface area contributed by atoms with Crippen molar-refractivity contribution in [1.29, 1.82) is 0 Å². The van der Waals surface area contributed by atoms with E-state index in [2.05, 4.69) is 24.1 Å². The molecule has 0 aromatic carbocycles. The van der Waals surface area contributed by atoms with Crippen LogP contribution in [0.15, 0.2) is 24.4 Å². The number of hydrogen-bond acceptors (Lipinski definition) is 3. The third-order valence-electron chi connectivity index (χ3n) is 2.08. The Balaban J connectivity index is 2.46. The highest BCUT2D eigenvalue weighted by Crippen LogP contribution is 2.08. The summed E-state index contributed by atoms with van der Waals surface area (Å²) >= 11 is 0. The van der Waals surface area contributed by atoms with Crippen LogP contribution in [-0.4, -0.2) is 24.7 Å². The maximum atomic E-state index is 5.06. The molecule has 3 nitrogen and oxygen atoms in total. The minimum Gasteiger partial charge on any atom is -0.383 e. The van der Waals surface area contributed by atoms with Crippen LogP contribution in [-0.2, 0) is 4.74 Å². The average molecular weight is 194 g/mol. The van der Waals surface area contributed by atoms with E-state index in [4.69, 9.17) is 4.74 Å². The van der Waals surface area contributed by atoms with E-state index >= 15 is 0 Å². The van der Waals surface area contributed by atoms with E-state index in [9.17, 15) is 0 Å². The lowest BCUT2D eigenvalue weighted by Crippen LogP contribution is -2.32. The minimum absolute atomic E-state index is 0.265. The first-order chi connectivity index (χ1) is 6.74. The van der Waals surface area contributed by atoms with E-state index in [-0.39, 0.29) is 6.04 Å². The van der Waals surface area contributed by atoms with Gasteiger partial charge in [0, 0.05) is 25.4 Å². The summed E-state index contributed by atoms with van der Waals surface area (Å²) in [5, 5.41) is 3.41. The van der Waals surface area contributed by atoms with Crippen LogP contribution >= 0.6 is 0 Å². The van der Waals surface area contributed by atoms with Crippen molar-refractivity contribution in [3.05, 3.63) is 30.1 Å². The number of ether oxygens (including phenoxy) is 1. The lowest BCUT2D eigenvalue weighted by Gasteiger charge is -2.18. The highest BCUT2D eigenvalue weighted by atomic mass is 16.5. The van der Waals surface area contributed by atoms with Gasteiger partial charge in [-0.3, -0.25) is 4.98 Å². The Morgan fingerprint density at radius 1 is 1.43 bits per heavy atom. The van der Waals surface area contributed by atoms with Crippen molar-refractivity contribution in [3.63, 3.8) is 0 Å². The third-order valence-corrected chi connectivity index (χ3v) is 2.08. The lowest BCUT2D eigenvalue weighted by atomic mass is 10.2. The zero-order valence-electron chi connectivity index (χ0n) is 9.03. The maximum Gasteiger partial charge on any atom is 0.0613 e. The van der Waals surface area contributed by atoms with Crippen LogP contribution in [0.5, 0.6) is 0 Å². The number of nitrogens with zero attached hydrogens (tertiary/aromatic N) is 1. The Morgan fingerprint density at radius 3 is 2.79 bits per heavy atom. The predicted octanol–water partition coefficient (Wildman–Crippen LogP) is 1.77. The SMILES string of the molecule is COC[C@@H](C)N[C@@H](C)c1ccccn1. The van der Waals surface area contributed by atoms with Crippen molar-refractivity contribution >= 4 is 0 Å². The van der Waals surface area contributed by atoms with Crippen LogP contribution in [0.4, 0.5) is 0 Å². The lowest BCUT2D eigenvalue weighted by molar-refractivity contribution is 0.167. The van der Waals surface area contributed by atoms with Gasteiger partial charge >= 0.3 is 0 Å². The van der Waals surface area contributed by atoms with Gasteiger partial charge in [0.25, 0.3) is 0 Å². The number of nitrogens with one attached hydrogen (secondary N) is 1. The first-order valence-corrected chi connectivity index (χ1v) is 4.90. The fourth-order valence-electron chi connectivity index (χ4n) is 1.44. The molecule has 1 heterocycles. The first kappa shape index (κ1) is 11.1. The van der Waals surface area contributed by atoms with Crippen LogP contribution < -0.4 is 5.32 Å². The largest absolute Gasteiger partial charge is 0.383 e.